The number of carbonyl (C=O) groups is 1. The van der Waals surface area contributed by atoms with Crippen molar-refractivity contribution in [3.8, 4) is 6.07 Å². The lowest BCUT2D eigenvalue weighted by Crippen LogP contribution is -2.10. The summed E-state index contributed by atoms with van der Waals surface area (Å²) in [7, 11) is -1.36. The average molecular weight is 543 g/mol. The first-order valence-electron chi connectivity index (χ1n) is 8.73. The molecular weight excluding hydrogens is 523 g/mol. The number of benzene rings is 2. The summed E-state index contributed by atoms with van der Waals surface area (Å²) >= 11 is 1.95. The molecule has 0 radical (unpaired) electrons. The summed E-state index contributed by atoms with van der Waals surface area (Å²) < 4.78 is 40.4. The van der Waals surface area contributed by atoms with Crippen molar-refractivity contribution in [2.24, 2.45) is 0 Å². The maximum absolute atomic E-state index is 14.0. The van der Waals surface area contributed by atoms with E-state index in [0.717, 1.165) is 6.07 Å². The number of aromatic nitrogens is 1. The number of hydrogen-bond donors (Lipinski definition) is 1. The number of hydrogen-bond acceptors (Lipinski definition) is 3. The first-order valence-corrected chi connectivity index (χ1v) is 10.8. The van der Waals surface area contributed by atoms with Gasteiger partial charge in [0.2, 0.25) is 0 Å². The second-order valence-electron chi connectivity index (χ2n) is 5.25. The highest BCUT2D eigenvalue weighted by Gasteiger charge is 2.21. The van der Waals surface area contributed by atoms with Gasteiger partial charge in [-0.15, -0.1) is 0 Å². The Kier molecular flexibility index (Phi) is 10.9. The van der Waals surface area contributed by atoms with E-state index in [4.69, 9.17) is 5.26 Å². The Bertz CT molecular complexity index is 1050. The Hall–Kier alpha value is -2.58. The molecule has 2 aromatic carbocycles. The minimum Gasteiger partial charge on any atom is -0.298 e. The quantitative estimate of drug-likeness (QED) is 0.333. The van der Waals surface area contributed by atoms with Crippen molar-refractivity contribution in [3.63, 3.8) is 0 Å². The van der Waals surface area contributed by atoms with Crippen molar-refractivity contribution in [1.82, 2.24) is 2.78 Å². The molecule has 0 fully saturated rings. The second kappa shape index (κ2) is 12.9. The number of alkyl halides is 1. The summed E-state index contributed by atoms with van der Waals surface area (Å²) in [4.78, 5) is 12.9. The van der Waals surface area contributed by atoms with Crippen LogP contribution in [0.1, 0.15) is 35.3 Å². The number of nitriles is 1. The molecule has 0 saturated heterocycles. The largest absolute Gasteiger partial charge is 0.298 e. The SMILES string of the molecule is CC.CF.N#Cc1ccc(NS(=O)c2cn(I)cc2C(=O)c2ccccc2)c(F)c1. The molecule has 1 N–H and O–H groups in total. The molecule has 0 aliphatic carbocycles. The first kappa shape index (κ1) is 25.5. The summed E-state index contributed by atoms with van der Waals surface area (Å²) in [6.45, 7) is 4.00. The fraction of sp³-hybridized carbons (Fsp3) is 0.143. The van der Waals surface area contributed by atoms with Gasteiger partial charge in [0.1, 0.15) is 5.82 Å². The van der Waals surface area contributed by atoms with Crippen LogP contribution in [0.15, 0.2) is 65.8 Å². The molecular formula is C21H20F2IN3O2S. The lowest BCUT2D eigenvalue weighted by atomic mass is 10.1. The van der Waals surface area contributed by atoms with Gasteiger partial charge in [-0.25, -0.2) is 8.60 Å². The van der Waals surface area contributed by atoms with Crippen molar-refractivity contribution in [1.29, 1.82) is 5.26 Å². The standard InChI is InChI=1S/C18H11FIN3O2S.C2H6.CH3F/c19-15-8-12(9-21)6-7-16(15)22-26(25)17-11-23(20)10-14(17)18(24)13-4-2-1-3-5-13;2*1-2/h1-8,10-11,22H;1-2H3;1H3. The molecule has 0 aliphatic heterocycles. The predicted octanol–water partition coefficient (Wildman–Crippen LogP) is 5.67. The van der Waals surface area contributed by atoms with Crippen LogP contribution >= 0.6 is 22.9 Å². The minimum atomic E-state index is -1.86. The van der Waals surface area contributed by atoms with Crippen LogP contribution in [0.4, 0.5) is 14.5 Å². The van der Waals surface area contributed by atoms with Gasteiger partial charge in [0.05, 0.1) is 57.8 Å². The monoisotopic (exact) mass is 543 g/mol. The number of nitrogens with zero attached hydrogens (tertiary/aromatic N) is 2. The van der Waals surface area contributed by atoms with Crippen LogP contribution in [0.2, 0.25) is 0 Å². The molecule has 1 atom stereocenters. The third-order valence-corrected chi connectivity index (χ3v) is 5.23. The van der Waals surface area contributed by atoms with Crippen molar-refractivity contribution in [2.75, 3.05) is 11.9 Å². The number of carbonyl (C=O) groups excluding carboxylic acids is 1. The summed E-state index contributed by atoms with van der Waals surface area (Å²) in [6.07, 6.45) is 3.11. The highest BCUT2D eigenvalue weighted by molar-refractivity contribution is 14.1. The Balaban J connectivity index is 0.00000106. The van der Waals surface area contributed by atoms with E-state index in [0.29, 0.717) is 12.7 Å². The third-order valence-electron chi connectivity index (χ3n) is 3.54. The van der Waals surface area contributed by atoms with E-state index in [-0.39, 0.29) is 27.5 Å². The van der Waals surface area contributed by atoms with Gasteiger partial charge in [-0.3, -0.25) is 16.7 Å². The Labute approximate surface area is 190 Å². The fourth-order valence-electron chi connectivity index (χ4n) is 2.29. The van der Waals surface area contributed by atoms with Gasteiger partial charge < -0.3 is 0 Å². The first-order chi connectivity index (χ1) is 14.5. The Morgan fingerprint density at radius 1 is 1.13 bits per heavy atom. The summed E-state index contributed by atoms with van der Waals surface area (Å²) in [5.41, 5.74) is 0.891. The number of anilines is 1. The molecule has 3 aromatic rings. The molecule has 0 amide bonds. The van der Waals surface area contributed by atoms with E-state index in [2.05, 4.69) is 4.72 Å². The summed E-state index contributed by atoms with van der Waals surface area (Å²) in [5, 5.41) is 8.78. The van der Waals surface area contributed by atoms with E-state index in [9.17, 15) is 17.8 Å². The zero-order chi connectivity index (χ0) is 22.7. The number of ketones is 1. The van der Waals surface area contributed by atoms with Gasteiger partial charge in [0, 0.05) is 18.0 Å². The van der Waals surface area contributed by atoms with E-state index in [1.807, 2.05) is 42.8 Å². The maximum Gasteiger partial charge on any atom is 0.195 e. The van der Waals surface area contributed by atoms with E-state index >= 15 is 0 Å². The zero-order valence-corrected chi connectivity index (χ0v) is 19.5. The smallest absolute Gasteiger partial charge is 0.195 e. The molecule has 1 aromatic heterocycles. The molecule has 0 spiro atoms. The van der Waals surface area contributed by atoms with Crippen molar-refractivity contribution < 1.29 is 17.8 Å². The normalized spacial score (nSPS) is 10.4. The Morgan fingerprint density at radius 3 is 2.33 bits per heavy atom. The van der Waals surface area contributed by atoms with E-state index in [1.54, 1.807) is 45.5 Å². The van der Waals surface area contributed by atoms with Crippen LogP contribution < -0.4 is 4.72 Å². The highest BCUT2D eigenvalue weighted by Crippen LogP contribution is 2.24. The van der Waals surface area contributed by atoms with Gasteiger partial charge in [0.25, 0.3) is 0 Å². The third kappa shape index (κ3) is 6.47. The van der Waals surface area contributed by atoms with Crippen LogP contribution in [0.3, 0.4) is 0 Å². The molecule has 1 unspecified atom stereocenters. The summed E-state index contributed by atoms with van der Waals surface area (Å²) in [5.74, 6) is -0.964. The van der Waals surface area contributed by atoms with Gasteiger partial charge in [-0.05, 0) is 18.2 Å². The Morgan fingerprint density at radius 2 is 1.77 bits per heavy atom. The molecule has 0 aliphatic rings. The predicted molar refractivity (Wildman–Crippen MR) is 123 cm³/mol. The van der Waals surface area contributed by atoms with Gasteiger partial charge in [0.15, 0.2) is 16.8 Å². The van der Waals surface area contributed by atoms with Crippen molar-refractivity contribution in [2.45, 2.75) is 18.7 Å². The maximum atomic E-state index is 14.0. The van der Waals surface area contributed by atoms with E-state index < -0.39 is 16.8 Å². The molecule has 5 nitrogen and oxygen atoms in total. The van der Waals surface area contributed by atoms with E-state index in [1.165, 1.54) is 12.1 Å². The van der Waals surface area contributed by atoms with Crippen molar-refractivity contribution in [3.05, 3.63) is 83.4 Å². The van der Waals surface area contributed by atoms with Gasteiger partial charge in [-0.1, -0.05) is 44.2 Å². The van der Waals surface area contributed by atoms with Crippen LogP contribution in [0.25, 0.3) is 0 Å². The van der Waals surface area contributed by atoms with Crippen LogP contribution in [-0.2, 0) is 11.0 Å². The second-order valence-corrected chi connectivity index (χ2v) is 7.55. The fourth-order valence-corrected chi connectivity index (χ4v) is 4.07. The molecule has 0 bridgehead atoms. The van der Waals surface area contributed by atoms with Crippen LogP contribution in [0.5, 0.6) is 0 Å². The van der Waals surface area contributed by atoms with Crippen LogP contribution in [0, 0.1) is 17.1 Å². The molecule has 158 valence electrons. The molecule has 1 heterocycles. The highest BCUT2D eigenvalue weighted by atomic mass is 127. The lowest BCUT2D eigenvalue weighted by molar-refractivity contribution is 0.103. The molecule has 30 heavy (non-hydrogen) atoms. The molecule has 0 saturated carbocycles. The minimum absolute atomic E-state index is 0.0124. The van der Waals surface area contributed by atoms with Gasteiger partial charge in [-0.2, -0.15) is 5.26 Å². The number of rotatable bonds is 5. The number of nitrogens with one attached hydrogen (secondary N) is 1. The average Bonchev–Trinajstić information content (AvgIpc) is 3.19. The molecule has 3 rings (SSSR count). The number of halogens is 3. The topological polar surface area (TPSA) is 74.9 Å². The molecule has 9 heteroatoms. The van der Waals surface area contributed by atoms with Crippen LogP contribution in [-0.4, -0.2) is 20.0 Å². The van der Waals surface area contributed by atoms with Gasteiger partial charge >= 0.3 is 0 Å². The van der Waals surface area contributed by atoms with Crippen molar-refractivity contribution >= 4 is 45.3 Å². The summed E-state index contributed by atoms with van der Waals surface area (Å²) in [6, 6.07) is 14.3. The zero-order valence-electron chi connectivity index (χ0n) is 16.5. The lowest BCUT2D eigenvalue weighted by Gasteiger charge is -2.08.